The van der Waals surface area contributed by atoms with Gasteiger partial charge in [-0.3, -0.25) is 0 Å². The van der Waals surface area contributed by atoms with E-state index in [9.17, 15) is 5.26 Å². The fraction of sp³-hybridized carbons (Fsp3) is 0.429. The molecule has 0 spiro atoms. The van der Waals surface area contributed by atoms with Crippen LogP contribution >= 0.6 is 0 Å². The van der Waals surface area contributed by atoms with Crippen LogP contribution in [0, 0.1) is 32.1 Å². The number of hydrogen-bond donors (Lipinski definition) is 1. The van der Waals surface area contributed by atoms with Crippen molar-refractivity contribution in [1.29, 1.82) is 5.26 Å². The minimum Gasteiger partial charge on any atom is -0.396 e. The van der Waals surface area contributed by atoms with E-state index in [1.807, 2.05) is 13.8 Å². The zero-order valence-electron chi connectivity index (χ0n) is 19.9. The van der Waals surface area contributed by atoms with Crippen molar-refractivity contribution in [1.82, 2.24) is 5.16 Å². The molecule has 5 nitrogen and oxygen atoms in total. The Morgan fingerprint density at radius 3 is 2.36 bits per heavy atom. The van der Waals surface area contributed by atoms with E-state index < -0.39 is 0 Å². The summed E-state index contributed by atoms with van der Waals surface area (Å²) in [5.41, 5.74) is 7.42. The molecule has 2 aromatic carbocycles. The lowest BCUT2D eigenvalue weighted by atomic mass is 9.97. The van der Waals surface area contributed by atoms with Gasteiger partial charge in [0.1, 0.15) is 5.76 Å². The monoisotopic (exact) mass is 443 g/mol. The van der Waals surface area contributed by atoms with E-state index in [-0.39, 0.29) is 12.0 Å². The number of aryl methyl sites for hydroxylation is 3. The highest BCUT2D eigenvalue weighted by atomic mass is 16.5. The van der Waals surface area contributed by atoms with Crippen LogP contribution in [-0.2, 0) is 5.41 Å². The largest absolute Gasteiger partial charge is 0.396 e. The molecule has 0 saturated heterocycles. The highest BCUT2D eigenvalue weighted by Gasteiger charge is 2.44. The fourth-order valence-corrected chi connectivity index (χ4v) is 4.63. The van der Waals surface area contributed by atoms with Crippen LogP contribution < -0.4 is 4.90 Å². The summed E-state index contributed by atoms with van der Waals surface area (Å²) in [7, 11) is 0. The van der Waals surface area contributed by atoms with Gasteiger partial charge in [-0.2, -0.15) is 5.26 Å². The van der Waals surface area contributed by atoms with E-state index in [2.05, 4.69) is 65.5 Å². The van der Waals surface area contributed by atoms with Crippen LogP contribution in [0.25, 0.3) is 11.1 Å². The summed E-state index contributed by atoms with van der Waals surface area (Å²) >= 11 is 0. The normalized spacial score (nSPS) is 14.2. The minimum absolute atomic E-state index is 0.254. The zero-order valence-corrected chi connectivity index (χ0v) is 19.9. The number of anilines is 2. The van der Waals surface area contributed by atoms with Gasteiger partial charge in [0.2, 0.25) is 0 Å². The van der Waals surface area contributed by atoms with Crippen LogP contribution in [0.5, 0.6) is 0 Å². The Kier molecular flexibility index (Phi) is 6.85. The summed E-state index contributed by atoms with van der Waals surface area (Å²) < 4.78 is 5.42. The quantitative estimate of drug-likeness (QED) is 0.361. The molecule has 3 aromatic rings. The highest BCUT2D eigenvalue weighted by molar-refractivity contribution is 5.76. The van der Waals surface area contributed by atoms with Crippen molar-refractivity contribution < 1.29 is 9.63 Å². The second-order valence-corrected chi connectivity index (χ2v) is 9.23. The minimum atomic E-state index is -0.271. The third-order valence-corrected chi connectivity index (χ3v) is 6.81. The molecule has 172 valence electrons. The number of aliphatic hydroxyl groups excluding tert-OH is 1. The summed E-state index contributed by atoms with van der Waals surface area (Å²) in [4.78, 5) is 2.38. The van der Waals surface area contributed by atoms with E-state index in [1.54, 1.807) is 0 Å². The van der Waals surface area contributed by atoms with Crippen molar-refractivity contribution in [2.75, 3.05) is 18.1 Å². The Hall–Kier alpha value is -3.10. The Morgan fingerprint density at radius 2 is 1.76 bits per heavy atom. The lowest BCUT2D eigenvalue weighted by Gasteiger charge is -2.28. The van der Waals surface area contributed by atoms with Gasteiger partial charge in [0, 0.05) is 30.1 Å². The van der Waals surface area contributed by atoms with Crippen molar-refractivity contribution in [2.45, 2.75) is 64.7 Å². The standard InChI is InChI=1S/C28H33N3O2/c1-20-8-9-23(27-21(2)30-33-22(27)3)18-26(20)31(16-6-4-5-7-17-32)25-12-10-24(11-13-25)28(19-29)14-15-28/h8-13,18,32H,4-7,14-17H2,1-3H3. The number of hydrogen-bond acceptors (Lipinski definition) is 5. The number of nitriles is 1. The molecule has 1 aliphatic carbocycles. The molecule has 5 heteroatoms. The Morgan fingerprint density at radius 1 is 1.03 bits per heavy atom. The van der Waals surface area contributed by atoms with Crippen LogP contribution in [-0.4, -0.2) is 23.4 Å². The van der Waals surface area contributed by atoms with Crippen LogP contribution in [0.3, 0.4) is 0 Å². The molecule has 33 heavy (non-hydrogen) atoms. The Labute approximate surface area is 196 Å². The van der Waals surface area contributed by atoms with E-state index in [0.717, 1.165) is 78.9 Å². The maximum Gasteiger partial charge on any atom is 0.141 e. The van der Waals surface area contributed by atoms with Crippen molar-refractivity contribution in [3.63, 3.8) is 0 Å². The molecule has 0 amide bonds. The average molecular weight is 444 g/mol. The van der Waals surface area contributed by atoms with Gasteiger partial charge in [0.05, 0.1) is 17.2 Å². The number of aromatic nitrogens is 1. The van der Waals surface area contributed by atoms with Gasteiger partial charge in [-0.15, -0.1) is 0 Å². The predicted molar refractivity (Wildman–Crippen MR) is 132 cm³/mol. The van der Waals surface area contributed by atoms with Gasteiger partial charge in [0.15, 0.2) is 0 Å². The van der Waals surface area contributed by atoms with Crippen LogP contribution in [0.4, 0.5) is 11.4 Å². The maximum absolute atomic E-state index is 9.56. The van der Waals surface area contributed by atoms with Crippen molar-refractivity contribution in [3.05, 3.63) is 65.0 Å². The Bertz CT molecular complexity index is 1120. The number of rotatable bonds is 10. The third kappa shape index (κ3) is 4.82. The molecule has 1 fully saturated rings. The predicted octanol–water partition coefficient (Wildman–Crippen LogP) is 6.51. The summed E-state index contributed by atoms with van der Waals surface area (Å²) in [5.74, 6) is 0.827. The molecular weight excluding hydrogens is 410 g/mol. The van der Waals surface area contributed by atoms with E-state index >= 15 is 0 Å². The second kappa shape index (κ2) is 9.80. The van der Waals surface area contributed by atoms with Crippen LogP contribution in [0.1, 0.15) is 61.1 Å². The molecule has 1 aliphatic rings. The van der Waals surface area contributed by atoms with Gasteiger partial charge < -0.3 is 14.5 Å². The molecule has 0 radical (unpaired) electrons. The van der Waals surface area contributed by atoms with Gasteiger partial charge in [-0.25, -0.2) is 0 Å². The fourth-order valence-electron chi connectivity index (χ4n) is 4.63. The number of nitrogens with zero attached hydrogens (tertiary/aromatic N) is 3. The van der Waals surface area contributed by atoms with Gasteiger partial charge in [-0.1, -0.05) is 42.3 Å². The van der Waals surface area contributed by atoms with E-state index in [0.29, 0.717) is 0 Å². The van der Waals surface area contributed by atoms with Crippen LogP contribution in [0.15, 0.2) is 47.0 Å². The molecule has 1 heterocycles. The van der Waals surface area contributed by atoms with Crippen molar-refractivity contribution in [2.24, 2.45) is 0 Å². The maximum atomic E-state index is 9.56. The number of unbranched alkanes of at least 4 members (excludes halogenated alkanes) is 3. The number of aliphatic hydroxyl groups is 1. The molecule has 0 unspecified atom stereocenters. The number of benzene rings is 2. The molecule has 1 saturated carbocycles. The lowest BCUT2D eigenvalue weighted by Crippen LogP contribution is -2.20. The van der Waals surface area contributed by atoms with Gasteiger partial charge in [0.25, 0.3) is 0 Å². The SMILES string of the molecule is Cc1ccc(-c2c(C)noc2C)cc1N(CCCCCCO)c1ccc(C2(C#N)CC2)cc1. The molecule has 0 atom stereocenters. The molecule has 0 aliphatic heterocycles. The van der Waals surface area contributed by atoms with E-state index in [1.165, 1.54) is 11.3 Å². The lowest BCUT2D eigenvalue weighted by molar-refractivity contribution is 0.282. The molecule has 1 aromatic heterocycles. The molecular formula is C28H33N3O2. The third-order valence-electron chi connectivity index (χ3n) is 6.81. The molecule has 1 N–H and O–H groups in total. The topological polar surface area (TPSA) is 73.3 Å². The van der Waals surface area contributed by atoms with Crippen LogP contribution in [0.2, 0.25) is 0 Å². The first-order valence-electron chi connectivity index (χ1n) is 11.9. The Balaban J connectivity index is 1.67. The molecule has 4 rings (SSSR count). The highest BCUT2D eigenvalue weighted by Crippen LogP contribution is 2.48. The first-order valence-corrected chi connectivity index (χ1v) is 11.9. The average Bonchev–Trinajstić information content (AvgIpc) is 3.56. The van der Waals surface area contributed by atoms with E-state index in [4.69, 9.17) is 9.63 Å². The summed E-state index contributed by atoms with van der Waals surface area (Å²) in [6.45, 7) is 7.22. The summed E-state index contributed by atoms with van der Waals surface area (Å²) in [6.07, 6.45) is 5.91. The molecule has 0 bridgehead atoms. The second-order valence-electron chi connectivity index (χ2n) is 9.23. The zero-order chi connectivity index (χ0) is 23.4. The van der Waals surface area contributed by atoms with Gasteiger partial charge >= 0.3 is 0 Å². The van der Waals surface area contributed by atoms with Crippen molar-refractivity contribution in [3.8, 4) is 17.2 Å². The summed E-state index contributed by atoms with van der Waals surface area (Å²) in [6, 6.07) is 17.6. The first-order chi connectivity index (χ1) is 16.0. The van der Waals surface area contributed by atoms with Gasteiger partial charge in [-0.05, 0) is 81.3 Å². The summed E-state index contributed by atoms with van der Waals surface area (Å²) in [5, 5.41) is 22.8. The smallest absolute Gasteiger partial charge is 0.141 e. The van der Waals surface area contributed by atoms with Crippen molar-refractivity contribution >= 4 is 11.4 Å². The first kappa shape index (κ1) is 23.1.